The van der Waals surface area contributed by atoms with Gasteiger partial charge in [0.05, 0.1) is 6.10 Å². The maximum atomic E-state index is 11.9. The molecule has 2 rings (SSSR count). The zero-order valence-electron chi connectivity index (χ0n) is 11.8. The Morgan fingerprint density at radius 1 is 1.52 bits per heavy atom. The normalized spacial score (nSPS) is 19.3. The summed E-state index contributed by atoms with van der Waals surface area (Å²) in [5.74, 6) is 0.267. The Bertz CT molecular complexity index is 633. The molecule has 0 bridgehead atoms. The Morgan fingerprint density at radius 3 is 2.81 bits per heavy atom. The van der Waals surface area contributed by atoms with Gasteiger partial charge in [0, 0.05) is 42.5 Å². The van der Waals surface area contributed by atoms with E-state index in [0.29, 0.717) is 12.4 Å². The SMILES string of the molecule is CC(C)Oc1cc(CN2CC(S(=O)(=O)Cl)CC2=O)ccn1. The molecule has 0 spiro atoms. The smallest absolute Gasteiger partial charge is 0.237 e. The van der Waals surface area contributed by atoms with Crippen LogP contribution in [0.4, 0.5) is 0 Å². The lowest BCUT2D eigenvalue weighted by Gasteiger charge is -2.17. The van der Waals surface area contributed by atoms with Crippen molar-refractivity contribution < 1.29 is 17.9 Å². The molecule has 6 nitrogen and oxygen atoms in total. The van der Waals surface area contributed by atoms with Crippen molar-refractivity contribution in [3.63, 3.8) is 0 Å². The highest BCUT2D eigenvalue weighted by atomic mass is 35.7. The van der Waals surface area contributed by atoms with Crippen LogP contribution in [0, 0.1) is 0 Å². The molecule has 1 fully saturated rings. The first kappa shape index (κ1) is 16.0. The molecule has 1 aliphatic rings. The molecule has 1 aromatic rings. The van der Waals surface area contributed by atoms with Crippen molar-refractivity contribution in [1.82, 2.24) is 9.88 Å². The van der Waals surface area contributed by atoms with Crippen LogP contribution in [0.1, 0.15) is 25.8 Å². The molecule has 0 radical (unpaired) electrons. The number of nitrogens with zero attached hydrogens (tertiary/aromatic N) is 2. The number of pyridine rings is 1. The number of aromatic nitrogens is 1. The summed E-state index contributed by atoms with van der Waals surface area (Å²) in [6, 6.07) is 3.51. The van der Waals surface area contributed by atoms with Gasteiger partial charge in [-0.05, 0) is 25.5 Å². The molecule has 21 heavy (non-hydrogen) atoms. The van der Waals surface area contributed by atoms with Crippen molar-refractivity contribution in [2.24, 2.45) is 0 Å². The van der Waals surface area contributed by atoms with E-state index in [2.05, 4.69) is 4.98 Å². The fourth-order valence-corrected chi connectivity index (χ4v) is 3.21. The summed E-state index contributed by atoms with van der Waals surface area (Å²) in [5.41, 5.74) is 0.835. The number of hydrogen-bond acceptors (Lipinski definition) is 5. The van der Waals surface area contributed by atoms with Gasteiger partial charge in [-0.2, -0.15) is 0 Å². The van der Waals surface area contributed by atoms with Crippen LogP contribution in [-0.4, -0.2) is 42.1 Å². The lowest BCUT2D eigenvalue weighted by atomic mass is 10.2. The number of halogens is 1. The van der Waals surface area contributed by atoms with Crippen molar-refractivity contribution in [2.75, 3.05) is 6.54 Å². The van der Waals surface area contributed by atoms with Gasteiger partial charge < -0.3 is 9.64 Å². The summed E-state index contributed by atoms with van der Waals surface area (Å²) in [6.07, 6.45) is 1.54. The van der Waals surface area contributed by atoms with E-state index in [4.69, 9.17) is 15.4 Å². The second-order valence-corrected chi connectivity index (χ2v) is 8.15. The molecule has 1 atom stereocenters. The van der Waals surface area contributed by atoms with Gasteiger partial charge in [-0.15, -0.1) is 0 Å². The molecule has 1 aliphatic heterocycles. The number of likely N-dealkylation sites (tertiary alicyclic amines) is 1. The monoisotopic (exact) mass is 332 g/mol. The minimum atomic E-state index is -3.71. The van der Waals surface area contributed by atoms with Crippen molar-refractivity contribution >= 4 is 25.6 Å². The lowest BCUT2D eigenvalue weighted by molar-refractivity contribution is -0.128. The number of ether oxygens (including phenoxy) is 1. The van der Waals surface area contributed by atoms with Gasteiger partial charge >= 0.3 is 0 Å². The first-order valence-electron chi connectivity index (χ1n) is 6.58. The number of carbonyl (C=O) groups excluding carboxylic acids is 1. The molecule has 0 saturated carbocycles. The Morgan fingerprint density at radius 2 is 2.24 bits per heavy atom. The van der Waals surface area contributed by atoms with Crippen molar-refractivity contribution in [3.05, 3.63) is 23.9 Å². The highest BCUT2D eigenvalue weighted by molar-refractivity contribution is 8.14. The van der Waals surface area contributed by atoms with E-state index in [9.17, 15) is 13.2 Å². The highest BCUT2D eigenvalue weighted by Gasteiger charge is 2.37. The summed E-state index contributed by atoms with van der Waals surface area (Å²) in [5, 5.41) is -0.833. The molecule has 2 heterocycles. The third-order valence-electron chi connectivity index (χ3n) is 3.11. The van der Waals surface area contributed by atoms with Crippen LogP contribution in [-0.2, 0) is 20.4 Å². The van der Waals surface area contributed by atoms with Crippen LogP contribution in [0.5, 0.6) is 5.88 Å². The molecule has 0 N–H and O–H groups in total. The molecule has 1 aromatic heterocycles. The third kappa shape index (κ3) is 4.31. The first-order valence-corrected chi connectivity index (χ1v) is 8.96. The second kappa shape index (κ2) is 6.19. The predicted octanol–water partition coefficient (Wildman–Crippen LogP) is 1.54. The summed E-state index contributed by atoms with van der Waals surface area (Å²) in [6.45, 7) is 4.23. The topological polar surface area (TPSA) is 76.6 Å². The van der Waals surface area contributed by atoms with Gasteiger partial charge in [-0.25, -0.2) is 13.4 Å². The van der Waals surface area contributed by atoms with Crippen LogP contribution in [0.3, 0.4) is 0 Å². The van der Waals surface area contributed by atoms with E-state index in [1.165, 1.54) is 4.90 Å². The summed E-state index contributed by atoms with van der Waals surface area (Å²) >= 11 is 0. The molecule has 1 saturated heterocycles. The fraction of sp³-hybridized carbons (Fsp3) is 0.538. The number of carbonyl (C=O) groups is 1. The first-order chi connectivity index (χ1) is 9.75. The highest BCUT2D eigenvalue weighted by Crippen LogP contribution is 2.23. The standard InChI is InChI=1S/C13H17ClN2O4S/c1-9(2)20-12-5-10(3-4-15-12)7-16-8-11(6-13(16)17)21(14,18)19/h3-5,9,11H,6-8H2,1-2H3. The molecule has 1 unspecified atom stereocenters. The lowest BCUT2D eigenvalue weighted by Crippen LogP contribution is -2.26. The Balaban J connectivity index is 2.07. The summed E-state index contributed by atoms with van der Waals surface area (Å²) < 4.78 is 28.1. The molecule has 8 heteroatoms. The Labute approximate surface area is 128 Å². The summed E-state index contributed by atoms with van der Waals surface area (Å²) in [4.78, 5) is 17.4. The van der Waals surface area contributed by atoms with E-state index in [0.717, 1.165) is 5.56 Å². The van der Waals surface area contributed by atoms with Crippen LogP contribution in [0.2, 0.25) is 0 Å². The average molecular weight is 333 g/mol. The van der Waals surface area contributed by atoms with E-state index < -0.39 is 14.3 Å². The van der Waals surface area contributed by atoms with Crippen LogP contribution in [0.25, 0.3) is 0 Å². The molecular formula is C13H17ClN2O4S. The quantitative estimate of drug-likeness (QED) is 0.764. The number of hydrogen-bond donors (Lipinski definition) is 0. The van der Waals surface area contributed by atoms with E-state index in [1.807, 2.05) is 13.8 Å². The zero-order chi connectivity index (χ0) is 15.6. The van der Waals surface area contributed by atoms with E-state index in [-0.39, 0.29) is 25.0 Å². The minimum absolute atomic E-state index is 0.00643. The zero-order valence-corrected chi connectivity index (χ0v) is 13.4. The van der Waals surface area contributed by atoms with Gasteiger partial charge in [0.2, 0.25) is 20.8 Å². The van der Waals surface area contributed by atoms with Gasteiger partial charge in [-0.3, -0.25) is 4.79 Å². The van der Waals surface area contributed by atoms with Gasteiger partial charge in [0.15, 0.2) is 0 Å². The van der Waals surface area contributed by atoms with E-state index >= 15 is 0 Å². The van der Waals surface area contributed by atoms with Crippen LogP contribution < -0.4 is 4.74 Å². The average Bonchev–Trinajstić information content (AvgIpc) is 2.70. The fourth-order valence-electron chi connectivity index (χ4n) is 2.15. The molecule has 1 amide bonds. The largest absolute Gasteiger partial charge is 0.475 e. The van der Waals surface area contributed by atoms with Crippen LogP contribution in [0.15, 0.2) is 18.3 Å². The van der Waals surface area contributed by atoms with Crippen molar-refractivity contribution in [2.45, 2.75) is 38.2 Å². The molecule has 0 aliphatic carbocycles. The maximum absolute atomic E-state index is 11.9. The second-order valence-electron chi connectivity index (χ2n) is 5.24. The summed E-state index contributed by atoms with van der Waals surface area (Å²) in [7, 11) is 1.61. The van der Waals surface area contributed by atoms with Gasteiger partial charge in [-0.1, -0.05) is 0 Å². The number of rotatable bonds is 5. The van der Waals surface area contributed by atoms with Crippen LogP contribution >= 0.6 is 10.7 Å². The third-order valence-corrected chi connectivity index (χ3v) is 4.97. The predicted molar refractivity (Wildman–Crippen MR) is 78.6 cm³/mol. The Kier molecular flexibility index (Phi) is 4.73. The van der Waals surface area contributed by atoms with Gasteiger partial charge in [0.25, 0.3) is 0 Å². The maximum Gasteiger partial charge on any atom is 0.237 e. The van der Waals surface area contributed by atoms with Crippen molar-refractivity contribution in [1.29, 1.82) is 0 Å². The molecule has 116 valence electrons. The molecule has 0 aromatic carbocycles. The van der Waals surface area contributed by atoms with Crippen molar-refractivity contribution in [3.8, 4) is 5.88 Å². The minimum Gasteiger partial charge on any atom is -0.475 e. The number of amides is 1. The van der Waals surface area contributed by atoms with E-state index in [1.54, 1.807) is 18.3 Å². The van der Waals surface area contributed by atoms with Gasteiger partial charge in [0.1, 0.15) is 5.25 Å². The Hall–Kier alpha value is -1.34. The molecular weight excluding hydrogens is 316 g/mol.